The zero-order chi connectivity index (χ0) is 13.5. The van der Waals surface area contributed by atoms with Gasteiger partial charge >= 0.3 is 0 Å². The van der Waals surface area contributed by atoms with Crippen LogP contribution in [0.1, 0.15) is 19.8 Å². The van der Waals surface area contributed by atoms with E-state index >= 15 is 0 Å². The number of rotatable bonds is 7. The van der Waals surface area contributed by atoms with E-state index in [0.717, 1.165) is 31.6 Å². The van der Waals surface area contributed by atoms with Crippen LogP contribution in [0.3, 0.4) is 0 Å². The molecule has 0 saturated carbocycles. The van der Waals surface area contributed by atoms with Crippen LogP contribution >= 0.6 is 15.9 Å². The molecule has 0 spiro atoms. The summed E-state index contributed by atoms with van der Waals surface area (Å²) in [6.07, 6.45) is 3.63. The second-order valence-corrected chi connectivity index (χ2v) is 5.28. The summed E-state index contributed by atoms with van der Waals surface area (Å²) in [7, 11) is 4.09. The molecule has 0 aromatic carbocycles. The maximum atomic E-state index is 11.9. The molecular formula is C12H21BrN4O. The third-order valence-corrected chi connectivity index (χ3v) is 3.28. The zero-order valence-corrected chi connectivity index (χ0v) is 12.8. The van der Waals surface area contributed by atoms with Gasteiger partial charge in [0.1, 0.15) is 4.47 Å². The predicted octanol–water partition coefficient (Wildman–Crippen LogP) is 1.78. The van der Waals surface area contributed by atoms with Crippen molar-refractivity contribution >= 4 is 21.6 Å². The van der Waals surface area contributed by atoms with Crippen molar-refractivity contribution in [1.82, 2.24) is 14.7 Å². The smallest absolute Gasteiger partial charge is 0.283 e. The van der Waals surface area contributed by atoms with Gasteiger partial charge in [0.25, 0.3) is 5.56 Å². The summed E-state index contributed by atoms with van der Waals surface area (Å²) in [4.78, 5) is 14.1. The molecule has 0 aliphatic carbocycles. The van der Waals surface area contributed by atoms with E-state index in [1.54, 1.807) is 6.20 Å². The van der Waals surface area contributed by atoms with Crippen molar-refractivity contribution in [2.45, 2.75) is 26.3 Å². The highest BCUT2D eigenvalue weighted by Gasteiger charge is 2.07. The fourth-order valence-electron chi connectivity index (χ4n) is 1.58. The molecule has 0 saturated heterocycles. The van der Waals surface area contributed by atoms with Gasteiger partial charge in [-0.2, -0.15) is 5.10 Å². The molecule has 1 rings (SSSR count). The minimum Gasteiger partial charge on any atom is -0.383 e. The van der Waals surface area contributed by atoms with Crippen LogP contribution in [0.2, 0.25) is 0 Å². The van der Waals surface area contributed by atoms with Gasteiger partial charge in [-0.3, -0.25) is 4.79 Å². The number of halogens is 1. The van der Waals surface area contributed by atoms with Crippen LogP contribution in [0.25, 0.3) is 0 Å². The predicted molar refractivity (Wildman–Crippen MR) is 78.1 cm³/mol. The van der Waals surface area contributed by atoms with E-state index in [1.165, 1.54) is 4.68 Å². The number of hydrogen-bond donors (Lipinski definition) is 1. The summed E-state index contributed by atoms with van der Waals surface area (Å²) in [5.41, 5.74) is 0.695. The van der Waals surface area contributed by atoms with Gasteiger partial charge in [0, 0.05) is 13.1 Å². The number of aryl methyl sites for hydroxylation is 1. The number of aromatic nitrogens is 2. The van der Waals surface area contributed by atoms with E-state index in [1.807, 2.05) is 21.0 Å². The fraction of sp³-hybridized carbons (Fsp3) is 0.667. The molecule has 1 aromatic heterocycles. The first-order chi connectivity index (χ1) is 8.56. The first kappa shape index (κ1) is 15.2. The van der Waals surface area contributed by atoms with E-state index in [0.29, 0.717) is 11.0 Å². The number of hydrogen-bond acceptors (Lipinski definition) is 4. The van der Waals surface area contributed by atoms with Gasteiger partial charge in [0.05, 0.1) is 11.9 Å². The third-order valence-electron chi connectivity index (χ3n) is 2.52. The largest absolute Gasteiger partial charge is 0.383 e. The lowest BCUT2D eigenvalue weighted by molar-refractivity contribution is 0.405. The molecule has 1 heterocycles. The van der Waals surface area contributed by atoms with Crippen molar-refractivity contribution in [1.29, 1.82) is 0 Å². The highest BCUT2D eigenvalue weighted by Crippen LogP contribution is 2.15. The molecule has 18 heavy (non-hydrogen) atoms. The molecule has 0 unspecified atom stereocenters. The Morgan fingerprint density at radius 3 is 2.83 bits per heavy atom. The average Bonchev–Trinajstić information content (AvgIpc) is 2.33. The maximum absolute atomic E-state index is 11.9. The Labute approximate surface area is 116 Å². The lowest BCUT2D eigenvalue weighted by Gasteiger charge is -2.12. The van der Waals surface area contributed by atoms with Crippen molar-refractivity contribution < 1.29 is 0 Å². The summed E-state index contributed by atoms with van der Waals surface area (Å²) in [5, 5.41) is 7.37. The Morgan fingerprint density at radius 1 is 1.50 bits per heavy atom. The van der Waals surface area contributed by atoms with E-state index < -0.39 is 0 Å². The maximum Gasteiger partial charge on any atom is 0.283 e. The molecule has 0 atom stereocenters. The molecule has 1 N–H and O–H groups in total. The molecule has 0 bridgehead atoms. The minimum absolute atomic E-state index is 0.0746. The topological polar surface area (TPSA) is 50.2 Å². The number of nitrogens with one attached hydrogen (secondary N) is 1. The van der Waals surface area contributed by atoms with Crippen LogP contribution in [0.5, 0.6) is 0 Å². The minimum atomic E-state index is -0.0746. The van der Waals surface area contributed by atoms with Crippen LogP contribution in [0.15, 0.2) is 15.5 Å². The molecular weight excluding hydrogens is 296 g/mol. The van der Waals surface area contributed by atoms with E-state index in [-0.39, 0.29) is 5.56 Å². The van der Waals surface area contributed by atoms with Crippen LogP contribution in [-0.4, -0.2) is 41.9 Å². The molecule has 0 radical (unpaired) electrons. The molecule has 0 amide bonds. The van der Waals surface area contributed by atoms with Gasteiger partial charge in [0.2, 0.25) is 0 Å². The van der Waals surface area contributed by atoms with Crippen molar-refractivity contribution in [2.75, 3.05) is 32.5 Å². The molecule has 0 aliphatic rings. The third kappa shape index (κ3) is 4.42. The van der Waals surface area contributed by atoms with Gasteiger partial charge in [-0.25, -0.2) is 4.68 Å². The normalized spacial score (nSPS) is 10.9. The van der Waals surface area contributed by atoms with Crippen LogP contribution in [0, 0.1) is 0 Å². The van der Waals surface area contributed by atoms with E-state index in [4.69, 9.17) is 0 Å². The molecule has 5 nitrogen and oxygen atoms in total. The van der Waals surface area contributed by atoms with Crippen molar-refractivity contribution in [3.63, 3.8) is 0 Å². The van der Waals surface area contributed by atoms with Crippen LogP contribution in [-0.2, 0) is 6.54 Å². The molecule has 1 aromatic rings. The Morgan fingerprint density at radius 2 is 2.22 bits per heavy atom. The van der Waals surface area contributed by atoms with Crippen molar-refractivity contribution in [3.05, 3.63) is 21.0 Å². The highest BCUT2D eigenvalue weighted by atomic mass is 79.9. The van der Waals surface area contributed by atoms with Gasteiger partial charge in [-0.15, -0.1) is 0 Å². The Bertz CT molecular complexity index is 431. The van der Waals surface area contributed by atoms with E-state index in [9.17, 15) is 4.79 Å². The lowest BCUT2D eigenvalue weighted by atomic mass is 10.3. The summed E-state index contributed by atoms with van der Waals surface area (Å²) in [6.45, 7) is 4.52. The van der Waals surface area contributed by atoms with Gasteiger partial charge in [-0.1, -0.05) is 6.92 Å². The Balaban J connectivity index is 2.62. The molecule has 102 valence electrons. The van der Waals surface area contributed by atoms with Crippen LogP contribution < -0.4 is 10.9 Å². The summed E-state index contributed by atoms with van der Waals surface area (Å²) >= 11 is 3.34. The molecule has 0 fully saturated rings. The first-order valence-electron chi connectivity index (χ1n) is 6.20. The first-order valence-corrected chi connectivity index (χ1v) is 6.99. The monoisotopic (exact) mass is 316 g/mol. The van der Waals surface area contributed by atoms with Gasteiger partial charge in [-0.05, 0) is 49.4 Å². The van der Waals surface area contributed by atoms with Gasteiger partial charge < -0.3 is 10.2 Å². The van der Waals surface area contributed by atoms with Gasteiger partial charge in [0.15, 0.2) is 0 Å². The number of nitrogens with zero attached hydrogens (tertiary/aromatic N) is 3. The quantitative estimate of drug-likeness (QED) is 0.779. The summed E-state index contributed by atoms with van der Waals surface area (Å²) < 4.78 is 2.05. The average molecular weight is 317 g/mol. The van der Waals surface area contributed by atoms with Crippen molar-refractivity contribution in [2.24, 2.45) is 0 Å². The Hall–Kier alpha value is -0.880. The van der Waals surface area contributed by atoms with E-state index in [2.05, 4.69) is 31.2 Å². The Kier molecular flexibility index (Phi) is 6.35. The second-order valence-electron chi connectivity index (χ2n) is 4.48. The lowest BCUT2D eigenvalue weighted by Crippen LogP contribution is -2.25. The van der Waals surface area contributed by atoms with Crippen LogP contribution in [0.4, 0.5) is 5.69 Å². The van der Waals surface area contributed by atoms with Crippen molar-refractivity contribution in [3.8, 4) is 0 Å². The standard InChI is InChI=1S/C12H21BrN4O/c1-4-7-17-12(18)11(13)10(9-15-17)14-6-5-8-16(2)3/h9,14H,4-8H2,1-3H3. The number of anilines is 1. The fourth-order valence-corrected chi connectivity index (χ4v) is 2.02. The molecule has 6 heteroatoms. The molecule has 0 aliphatic heterocycles. The zero-order valence-electron chi connectivity index (χ0n) is 11.2. The SMILES string of the molecule is CCCn1ncc(NCCCN(C)C)c(Br)c1=O. The summed E-state index contributed by atoms with van der Waals surface area (Å²) in [5.74, 6) is 0. The summed E-state index contributed by atoms with van der Waals surface area (Å²) in [6, 6.07) is 0. The highest BCUT2D eigenvalue weighted by molar-refractivity contribution is 9.10. The second kappa shape index (κ2) is 7.53.